The van der Waals surface area contributed by atoms with E-state index in [9.17, 15) is 4.79 Å². The Kier molecular flexibility index (Phi) is 6.34. The number of rotatable bonds is 7. The molecule has 2 rings (SSSR count). The molecule has 0 atom stereocenters. The van der Waals surface area contributed by atoms with Gasteiger partial charge in [0.1, 0.15) is 5.75 Å². The van der Waals surface area contributed by atoms with Crippen LogP contribution in [0.5, 0.6) is 5.75 Å². The molecule has 0 radical (unpaired) electrons. The lowest BCUT2D eigenvalue weighted by atomic mass is 10.2. The number of benzene rings is 2. The van der Waals surface area contributed by atoms with E-state index in [-0.39, 0.29) is 5.91 Å². The van der Waals surface area contributed by atoms with Gasteiger partial charge in [-0.3, -0.25) is 4.79 Å². The van der Waals surface area contributed by atoms with E-state index >= 15 is 0 Å². The van der Waals surface area contributed by atoms with Crippen molar-refractivity contribution >= 4 is 23.4 Å². The van der Waals surface area contributed by atoms with E-state index in [4.69, 9.17) is 4.74 Å². The van der Waals surface area contributed by atoms with Gasteiger partial charge in [0, 0.05) is 17.0 Å². The van der Waals surface area contributed by atoms with E-state index in [1.165, 1.54) is 10.5 Å². The van der Waals surface area contributed by atoms with Crippen molar-refractivity contribution in [1.29, 1.82) is 0 Å². The molecule has 0 fully saturated rings. The zero-order valence-corrected chi connectivity index (χ0v) is 13.8. The largest absolute Gasteiger partial charge is 0.494 e. The van der Waals surface area contributed by atoms with Gasteiger partial charge in [-0.15, -0.1) is 11.8 Å². The lowest BCUT2D eigenvalue weighted by Gasteiger charge is -2.08. The van der Waals surface area contributed by atoms with Crippen LogP contribution in [0.15, 0.2) is 53.4 Å². The summed E-state index contributed by atoms with van der Waals surface area (Å²) >= 11 is 1.68. The quantitative estimate of drug-likeness (QED) is 0.603. The first-order valence-electron chi connectivity index (χ1n) is 7.31. The van der Waals surface area contributed by atoms with E-state index in [0.717, 1.165) is 11.4 Å². The molecular formula is C18H21NO2S. The summed E-state index contributed by atoms with van der Waals surface area (Å²) in [6.07, 6.45) is 3.18. The number of nitrogens with one attached hydrogen (secondary N) is 1. The molecule has 116 valence electrons. The molecule has 0 aliphatic carbocycles. The number of carbonyl (C=O) groups is 1. The number of amides is 1. The van der Waals surface area contributed by atoms with Crippen LogP contribution in [0.4, 0.5) is 5.69 Å². The third-order valence-corrected chi connectivity index (χ3v) is 3.92. The third-order valence-electron chi connectivity index (χ3n) is 3.18. The molecule has 0 bridgehead atoms. The predicted octanol–water partition coefficient (Wildman–Crippen LogP) is 4.51. The second-order valence-corrected chi connectivity index (χ2v) is 5.92. The molecule has 1 N–H and O–H groups in total. The van der Waals surface area contributed by atoms with Gasteiger partial charge in [0.25, 0.3) is 0 Å². The minimum Gasteiger partial charge on any atom is -0.494 e. The van der Waals surface area contributed by atoms with Crippen LogP contribution in [0.2, 0.25) is 0 Å². The highest BCUT2D eigenvalue weighted by Crippen LogP contribution is 2.17. The van der Waals surface area contributed by atoms with Gasteiger partial charge in [0.15, 0.2) is 0 Å². The molecule has 3 nitrogen and oxygen atoms in total. The predicted molar refractivity (Wildman–Crippen MR) is 92.8 cm³/mol. The average Bonchev–Trinajstić information content (AvgIpc) is 2.52. The van der Waals surface area contributed by atoms with E-state index in [1.807, 2.05) is 61.7 Å². The Balaban J connectivity index is 1.69. The van der Waals surface area contributed by atoms with Gasteiger partial charge in [0.05, 0.1) is 6.61 Å². The lowest BCUT2D eigenvalue weighted by Crippen LogP contribution is -2.12. The Morgan fingerprint density at radius 3 is 2.64 bits per heavy atom. The van der Waals surface area contributed by atoms with Crippen LogP contribution in [0, 0.1) is 6.92 Å². The Labute approximate surface area is 136 Å². The summed E-state index contributed by atoms with van der Waals surface area (Å²) < 4.78 is 5.63. The molecule has 2 aromatic carbocycles. The molecule has 0 aliphatic heterocycles. The number of carbonyl (C=O) groups excluding carboxylic acids is 1. The molecular weight excluding hydrogens is 294 g/mol. The Bertz CT molecular complexity index is 611. The summed E-state index contributed by atoms with van der Waals surface area (Å²) in [5.41, 5.74) is 2.01. The molecule has 0 saturated carbocycles. The minimum absolute atomic E-state index is 0.0183. The highest BCUT2D eigenvalue weighted by molar-refractivity contribution is 7.98. The molecule has 0 heterocycles. The number of hydrogen-bond acceptors (Lipinski definition) is 3. The van der Waals surface area contributed by atoms with Crippen molar-refractivity contribution in [2.24, 2.45) is 0 Å². The van der Waals surface area contributed by atoms with E-state index in [1.54, 1.807) is 11.8 Å². The van der Waals surface area contributed by atoms with Gasteiger partial charge in [-0.05, 0) is 61.6 Å². The van der Waals surface area contributed by atoms with Crippen molar-refractivity contribution in [1.82, 2.24) is 0 Å². The Hall–Kier alpha value is -1.94. The maximum Gasteiger partial charge on any atom is 0.224 e. The summed E-state index contributed by atoms with van der Waals surface area (Å²) in [4.78, 5) is 13.0. The number of thioether (sulfide) groups is 1. The van der Waals surface area contributed by atoms with E-state index in [2.05, 4.69) is 5.32 Å². The van der Waals surface area contributed by atoms with Crippen molar-refractivity contribution in [3.8, 4) is 5.75 Å². The number of anilines is 1. The fourth-order valence-corrected chi connectivity index (χ4v) is 2.43. The molecule has 22 heavy (non-hydrogen) atoms. The maximum absolute atomic E-state index is 11.9. The van der Waals surface area contributed by atoms with E-state index < -0.39 is 0 Å². The van der Waals surface area contributed by atoms with Crippen LogP contribution in [0.1, 0.15) is 18.4 Å². The lowest BCUT2D eigenvalue weighted by molar-refractivity contribution is -0.116. The number of hydrogen-bond donors (Lipinski definition) is 1. The second-order valence-electron chi connectivity index (χ2n) is 5.05. The average molecular weight is 315 g/mol. The van der Waals surface area contributed by atoms with E-state index in [0.29, 0.717) is 19.4 Å². The second kappa shape index (κ2) is 8.49. The maximum atomic E-state index is 11.9. The summed E-state index contributed by atoms with van der Waals surface area (Å²) in [6, 6.07) is 15.8. The molecule has 0 saturated heterocycles. The first-order chi connectivity index (χ1) is 10.7. The third kappa shape index (κ3) is 5.45. The molecule has 2 aromatic rings. The van der Waals surface area contributed by atoms with Crippen LogP contribution < -0.4 is 10.1 Å². The molecule has 0 spiro atoms. The Morgan fingerprint density at radius 1 is 1.18 bits per heavy atom. The zero-order valence-electron chi connectivity index (χ0n) is 13.0. The molecule has 4 heteroatoms. The first-order valence-corrected chi connectivity index (χ1v) is 8.53. The summed E-state index contributed by atoms with van der Waals surface area (Å²) in [6.45, 7) is 2.57. The van der Waals surface area contributed by atoms with Crippen molar-refractivity contribution in [2.45, 2.75) is 24.7 Å². The molecule has 0 aliphatic rings. The Morgan fingerprint density at radius 2 is 1.95 bits per heavy atom. The van der Waals surface area contributed by atoms with Crippen molar-refractivity contribution in [2.75, 3.05) is 18.2 Å². The van der Waals surface area contributed by atoms with Gasteiger partial charge >= 0.3 is 0 Å². The monoisotopic (exact) mass is 315 g/mol. The van der Waals surface area contributed by atoms with Crippen molar-refractivity contribution < 1.29 is 9.53 Å². The van der Waals surface area contributed by atoms with Crippen LogP contribution in [0.3, 0.4) is 0 Å². The van der Waals surface area contributed by atoms with Crippen molar-refractivity contribution in [3.05, 3.63) is 54.1 Å². The molecule has 0 aromatic heterocycles. The number of ether oxygens (including phenoxy) is 1. The normalized spacial score (nSPS) is 10.3. The highest BCUT2D eigenvalue weighted by atomic mass is 32.2. The topological polar surface area (TPSA) is 38.3 Å². The fraction of sp³-hybridized carbons (Fsp3) is 0.278. The van der Waals surface area contributed by atoms with Gasteiger partial charge < -0.3 is 10.1 Å². The summed E-state index contributed by atoms with van der Waals surface area (Å²) in [5.74, 6) is 0.873. The van der Waals surface area contributed by atoms with Gasteiger partial charge in [-0.1, -0.05) is 12.1 Å². The van der Waals surface area contributed by atoms with Crippen LogP contribution in [-0.2, 0) is 4.79 Å². The molecule has 1 amide bonds. The first kappa shape index (κ1) is 16.4. The van der Waals surface area contributed by atoms with Crippen LogP contribution in [0.25, 0.3) is 0 Å². The molecule has 0 unspecified atom stereocenters. The standard InChI is InChI=1S/C18H21NO2S/c1-14-5-3-6-16(13-14)21-12-4-7-18(20)19-15-8-10-17(22-2)11-9-15/h3,5-6,8-11,13H,4,7,12H2,1-2H3,(H,19,20). The highest BCUT2D eigenvalue weighted by Gasteiger charge is 2.03. The van der Waals surface area contributed by atoms with Crippen molar-refractivity contribution in [3.63, 3.8) is 0 Å². The number of aryl methyl sites for hydroxylation is 1. The smallest absolute Gasteiger partial charge is 0.224 e. The van der Waals surface area contributed by atoms with Gasteiger partial charge in [0.2, 0.25) is 5.91 Å². The summed E-state index contributed by atoms with van der Waals surface area (Å²) in [5, 5.41) is 2.90. The SMILES string of the molecule is CSc1ccc(NC(=O)CCCOc2cccc(C)c2)cc1. The minimum atomic E-state index is 0.0183. The van der Waals surface area contributed by atoms with Gasteiger partial charge in [-0.2, -0.15) is 0 Å². The van der Waals surface area contributed by atoms with Crippen LogP contribution in [-0.4, -0.2) is 18.8 Å². The van der Waals surface area contributed by atoms with Crippen LogP contribution >= 0.6 is 11.8 Å². The van der Waals surface area contributed by atoms with Gasteiger partial charge in [-0.25, -0.2) is 0 Å². The zero-order chi connectivity index (χ0) is 15.8. The fourth-order valence-electron chi connectivity index (χ4n) is 2.03. The summed E-state index contributed by atoms with van der Waals surface area (Å²) in [7, 11) is 0.